The van der Waals surface area contributed by atoms with Gasteiger partial charge in [0.1, 0.15) is 11.7 Å². The van der Waals surface area contributed by atoms with Gasteiger partial charge in [-0.25, -0.2) is 0 Å². The molecule has 6 nitrogen and oxygen atoms in total. The largest absolute Gasteiger partial charge is 0.459 e. The van der Waals surface area contributed by atoms with E-state index in [0.717, 1.165) is 19.3 Å². The van der Waals surface area contributed by atoms with Gasteiger partial charge in [0.15, 0.2) is 0 Å². The second-order valence-electron chi connectivity index (χ2n) is 15.7. The number of ether oxygens (including phenoxy) is 2. The molecule has 0 amide bonds. The fourth-order valence-corrected chi connectivity index (χ4v) is 11.7. The van der Waals surface area contributed by atoms with Crippen LogP contribution in [0.5, 0.6) is 0 Å². The predicted octanol–water partition coefficient (Wildman–Crippen LogP) is 4.58. The number of esters is 1. The molecule has 6 heteroatoms. The number of hydrogen-bond donors (Lipinski definition) is 3. The van der Waals surface area contributed by atoms with Crippen molar-refractivity contribution in [3.8, 4) is 0 Å². The lowest BCUT2D eigenvalue weighted by molar-refractivity contribution is -0.253. The Morgan fingerprint density at radius 1 is 0.974 bits per heavy atom. The Bertz CT molecular complexity index is 983. The van der Waals surface area contributed by atoms with Gasteiger partial charge in [-0.05, 0) is 78.9 Å². The van der Waals surface area contributed by atoms with Gasteiger partial charge >= 0.3 is 5.97 Å². The van der Waals surface area contributed by atoms with E-state index >= 15 is 0 Å². The molecule has 1 aliphatic heterocycles. The molecule has 16 atom stereocenters. The van der Waals surface area contributed by atoms with E-state index in [0.29, 0.717) is 53.8 Å². The van der Waals surface area contributed by atoms with Crippen LogP contribution >= 0.6 is 0 Å². The molecule has 6 rings (SSSR count). The van der Waals surface area contributed by atoms with Crippen molar-refractivity contribution in [1.29, 1.82) is 0 Å². The Hall–Kier alpha value is -0.690. The first-order chi connectivity index (χ1) is 17.6. The van der Waals surface area contributed by atoms with Crippen LogP contribution in [0.25, 0.3) is 0 Å². The average molecular weight is 533 g/mol. The molecule has 5 saturated carbocycles. The highest BCUT2D eigenvalue weighted by Crippen LogP contribution is 2.76. The first-order valence-electron chi connectivity index (χ1n) is 15.5. The molecular formula is C32H52O6. The Morgan fingerprint density at radius 3 is 2.29 bits per heavy atom. The van der Waals surface area contributed by atoms with E-state index in [1.54, 1.807) is 0 Å². The van der Waals surface area contributed by atoms with Crippen LogP contribution in [0.1, 0.15) is 93.9 Å². The normalized spacial score (nSPS) is 58.2. The Kier molecular flexibility index (Phi) is 6.09. The van der Waals surface area contributed by atoms with Gasteiger partial charge in [-0.3, -0.25) is 4.79 Å². The van der Waals surface area contributed by atoms with Crippen molar-refractivity contribution in [2.75, 3.05) is 0 Å². The SMILES string of the molecule is CC(=O)OC1C(O)C2(C)C(C(C)C3CC3(C)C(C)C(C)C)CCC2C2CC3OC34CC(O)CC(O)C4(C)C21. The van der Waals surface area contributed by atoms with Crippen molar-refractivity contribution in [3.63, 3.8) is 0 Å². The summed E-state index contributed by atoms with van der Waals surface area (Å²) >= 11 is 0. The molecule has 0 aromatic rings. The van der Waals surface area contributed by atoms with Gasteiger partial charge in [-0.1, -0.05) is 48.5 Å². The first kappa shape index (κ1) is 27.5. The third-order valence-corrected chi connectivity index (χ3v) is 14.3. The van der Waals surface area contributed by atoms with Gasteiger partial charge in [0.2, 0.25) is 0 Å². The van der Waals surface area contributed by atoms with Gasteiger partial charge in [0, 0.05) is 30.1 Å². The molecule has 16 unspecified atom stereocenters. The molecule has 1 saturated heterocycles. The summed E-state index contributed by atoms with van der Waals surface area (Å²) in [7, 11) is 0. The van der Waals surface area contributed by atoms with E-state index in [-0.39, 0.29) is 29.3 Å². The van der Waals surface area contributed by atoms with Crippen LogP contribution in [0.3, 0.4) is 0 Å². The molecule has 1 heterocycles. The van der Waals surface area contributed by atoms with Crippen molar-refractivity contribution >= 4 is 5.97 Å². The number of fused-ring (bicyclic) bond motifs is 4. The number of carbonyl (C=O) groups excluding carboxylic acids is 1. The minimum atomic E-state index is -0.789. The van der Waals surface area contributed by atoms with Crippen LogP contribution in [0.4, 0.5) is 0 Å². The van der Waals surface area contributed by atoms with Gasteiger partial charge in [0.05, 0.1) is 24.4 Å². The molecule has 5 aliphatic carbocycles. The second kappa shape index (κ2) is 8.42. The van der Waals surface area contributed by atoms with Crippen LogP contribution < -0.4 is 0 Å². The lowest BCUT2D eigenvalue weighted by atomic mass is 9.42. The molecule has 0 aromatic carbocycles. The van der Waals surface area contributed by atoms with E-state index in [2.05, 4.69) is 48.5 Å². The lowest BCUT2D eigenvalue weighted by Gasteiger charge is -2.64. The Labute approximate surface area is 229 Å². The molecule has 216 valence electrons. The van der Waals surface area contributed by atoms with Gasteiger partial charge in [-0.15, -0.1) is 0 Å². The second-order valence-corrected chi connectivity index (χ2v) is 15.7. The lowest BCUT2D eigenvalue weighted by Crippen LogP contribution is -2.71. The zero-order chi connectivity index (χ0) is 27.7. The van der Waals surface area contributed by atoms with E-state index in [1.807, 2.05) is 0 Å². The molecule has 1 spiro atoms. The van der Waals surface area contributed by atoms with Gasteiger partial charge in [-0.2, -0.15) is 0 Å². The summed E-state index contributed by atoms with van der Waals surface area (Å²) in [5, 5.41) is 34.4. The molecule has 38 heavy (non-hydrogen) atoms. The van der Waals surface area contributed by atoms with E-state index in [4.69, 9.17) is 9.47 Å². The van der Waals surface area contributed by atoms with Crippen molar-refractivity contribution in [2.45, 2.75) is 130 Å². The molecule has 0 aromatic heterocycles. The Morgan fingerprint density at radius 2 is 1.66 bits per heavy atom. The highest BCUT2D eigenvalue weighted by atomic mass is 16.6. The van der Waals surface area contributed by atoms with Crippen LogP contribution in [-0.2, 0) is 14.3 Å². The topological polar surface area (TPSA) is 99.5 Å². The van der Waals surface area contributed by atoms with Crippen LogP contribution in [0, 0.1) is 63.6 Å². The summed E-state index contributed by atoms with van der Waals surface area (Å²) in [4.78, 5) is 12.5. The number of hydrogen-bond acceptors (Lipinski definition) is 6. The van der Waals surface area contributed by atoms with Crippen molar-refractivity contribution in [3.05, 3.63) is 0 Å². The molecule has 6 fully saturated rings. The standard InChI is InChI=1S/C32H52O6/c1-15(2)17(4)29(6)14-23(29)16(3)21-9-10-22-20-12-25-32(38-25)13-19(34)11-24(35)31(32,8)26(20)27(37-18(5)33)28(36)30(21,22)7/h15-17,19-28,34-36H,9-14H2,1-8H3. The first-order valence-corrected chi connectivity index (χ1v) is 15.5. The number of aliphatic hydroxyl groups is 3. The maximum atomic E-state index is 12.5. The summed E-state index contributed by atoms with van der Waals surface area (Å²) in [5.41, 5.74) is -1.26. The van der Waals surface area contributed by atoms with E-state index < -0.39 is 35.4 Å². The maximum absolute atomic E-state index is 12.5. The summed E-state index contributed by atoms with van der Waals surface area (Å²) in [5.74, 6) is 2.77. The smallest absolute Gasteiger partial charge is 0.303 e. The molecule has 6 aliphatic rings. The number of aliphatic hydroxyl groups excluding tert-OH is 3. The van der Waals surface area contributed by atoms with E-state index in [1.165, 1.54) is 13.3 Å². The third-order valence-electron chi connectivity index (χ3n) is 14.3. The number of rotatable bonds is 5. The summed E-state index contributed by atoms with van der Waals surface area (Å²) in [6.45, 7) is 17.8. The quantitative estimate of drug-likeness (QED) is 0.354. The van der Waals surface area contributed by atoms with Crippen LogP contribution in [0.2, 0.25) is 0 Å². The van der Waals surface area contributed by atoms with Crippen molar-refractivity contribution in [2.24, 2.45) is 63.6 Å². The molecule has 3 N–H and O–H groups in total. The predicted molar refractivity (Wildman–Crippen MR) is 144 cm³/mol. The number of carbonyl (C=O) groups is 1. The summed E-state index contributed by atoms with van der Waals surface area (Å²) in [6.07, 6.45) is 2.27. The van der Waals surface area contributed by atoms with Crippen LogP contribution in [-0.4, -0.2) is 57.4 Å². The molecule has 0 bridgehead atoms. The fraction of sp³-hybridized carbons (Fsp3) is 0.969. The zero-order valence-electron chi connectivity index (χ0n) is 24.8. The van der Waals surface area contributed by atoms with Gasteiger partial charge < -0.3 is 24.8 Å². The highest BCUT2D eigenvalue weighted by Gasteiger charge is 2.81. The Balaban J connectivity index is 1.37. The third kappa shape index (κ3) is 3.30. The average Bonchev–Trinajstić information content (AvgIpc) is 3.68. The summed E-state index contributed by atoms with van der Waals surface area (Å²) in [6, 6.07) is 0. The van der Waals surface area contributed by atoms with Crippen molar-refractivity contribution < 1.29 is 29.6 Å². The monoisotopic (exact) mass is 532 g/mol. The molecule has 0 radical (unpaired) electrons. The van der Waals surface area contributed by atoms with Crippen molar-refractivity contribution in [1.82, 2.24) is 0 Å². The minimum Gasteiger partial charge on any atom is -0.459 e. The summed E-state index contributed by atoms with van der Waals surface area (Å²) < 4.78 is 12.5. The minimum absolute atomic E-state index is 0.0194. The molecular weight excluding hydrogens is 480 g/mol. The van der Waals surface area contributed by atoms with Gasteiger partial charge in [0.25, 0.3) is 0 Å². The fourth-order valence-electron chi connectivity index (χ4n) is 11.7. The zero-order valence-corrected chi connectivity index (χ0v) is 24.8. The maximum Gasteiger partial charge on any atom is 0.303 e. The van der Waals surface area contributed by atoms with E-state index in [9.17, 15) is 20.1 Å². The number of epoxide rings is 1. The highest BCUT2D eigenvalue weighted by molar-refractivity contribution is 5.66. The van der Waals surface area contributed by atoms with Crippen LogP contribution in [0.15, 0.2) is 0 Å².